The zero-order valence-corrected chi connectivity index (χ0v) is 18.7. The average molecular weight is 468 g/mol. The lowest BCUT2D eigenvalue weighted by Crippen LogP contribution is -2.19. The number of esters is 1. The Morgan fingerprint density at radius 1 is 1.21 bits per heavy atom. The predicted molar refractivity (Wildman–Crippen MR) is 123 cm³/mol. The number of nitrogens with zero attached hydrogens (tertiary/aromatic N) is 4. The summed E-state index contributed by atoms with van der Waals surface area (Å²) in [5.41, 5.74) is 0.748. The molecule has 0 amide bonds. The van der Waals surface area contributed by atoms with Crippen molar-refractivity contribution in [3.63, 3.8) is 0 Å². The Morgan fingerprint density at radius 3 is 2.71 bits per heavy atom. The van der Waals surface area contributed by atoms with Crippen molar-refractivity contribution in [1.29, 1.82) is 0 Å². The lowest BCUT2D eigenvalue weighted by molar-refractivity contribution is 0.0526. The Bertz CT molecular complexity index is 1300. The summed E-state index contributed by atoms with van der Waals surface area (Å²) in [6, 6.07) is 3.01. The van der Waals surface area contributed by atoms with Gasteiger partial charge in [0.2, 0.25) is 5.95 Å². The summed E-state index contributed by atoms with van der Waals surface area (Å²) in [6.45, 7) is 3.69. The molecule has 0 spiro atoms. The molecule has 11 heteroatoms. The van der Waals surface area contributed by atoms with E-state index in [0.29, 0.717) is 23.5 Å². The van der Waals surface area contributed by atoms with E-state index < -0.39 is 17.6 Å². The van der Waals surface area contributed by atoms with Crippen molar-refractivity contribution >= 4 is 46.9 Å². The van der Waals surface area contributed by atoms with Crippen LogP contribution in [0.5, 0.6) is 0 Å². The summed E-state index contributed by atoms with van der Waals surface area (Å²) in [7, 11) is 1.75. The lowest BCUT2D eigenvalue weighted by atomic mass is 9.94. The molecule has 0 fully saturated rings. The molecule has 176 valence electrons. The minimum atomic E-state index is -0.834. The van der Waals surface area contributed by atoms with Gasteiger partial charge in [-0.3, -0.25) is 4.79 Å². The van der Waals surface area contributed by atoms with E-state index in [2.05, 4.69) is 25.6 Å². The molecule has 1 atom stereocenters. The van der Waals surface area contributed by atoms with Gasteiger partial charge in [-0.1, -0.05) is 6.92 Å². The fourth-order valence-corrected chi connectivity index (χ4v) is 3.55. The molecular formula is C23H22F2N6O3. The van der Waals surface area contributed by atoms with E-state index >= 15 is 0 Å². The first kappa shape index (κ1) is 23.0. The maximum atomic E-state index is 14.1. The quantitative estimate of drug-likeness (QED) is 0.484. The van der Waals surface area contributed by atoms with Crippen molar-refractivity contribution in [2.45, 2.75) is 20.3 Å². The van der Waals surface area contributed by atoms with Crippen LogP contribution < -0.4 is 10.6 Å². The molecule has 2 N–H and O–H groups in total. The highest BCUT2D eigenvalue weighted by Crippen LogP contribution is 2.36. The second-order valence-corrected chi connectivity index (χ2v) is 7.56. The van der Waals surface area contributed by atoms with Crippen LogP contribution in [0.3, 0.4) is 0 Å². The van der Waals surface area contributed by atoms with Crippen LogP contribution in [0.1, 0.15) is 41.0 Å². The van der Waals surface area contributed by atoms with E-state index in [1.165, 1.54) is 12.3 Å². The molecule has 3 heterocycles. The minimum absolute atomic E-state index is 0.0170. The van der Waals surface area contributed by atoms with Crippen LogP contribution in [-0.2, 0) is 11.8 Å². The summed E-state index contributed by atoms with van der Waals surface area (Å²) >= 11 is 0. The van der Waals surface area contributed by atoms with Crippen molar-refractivity contribution in [1.82, 2.24) is 14.5 Å². The van der Waals surface area contributed by atoms with Crippen molar-refractivity contribution in [2.24, 2.45) is 18.0 Å². The number of aliphatic imine (C=N–C) groups is 1. The Morgan fingerprint density at radius 2 is 2.00 bits per heavy atom. The van der Waals surface area contributed by atoms with Crippen LogP contribution in [0.15, 0.2) is 35.6 Å². The Labute approximate surface area is 193 Å². The fraction of sp³-hybridized carbons (Fsp3) is 0.261. The third-order valence-corrected chi connectivity index (χ3v) is 5.26. The number of benzene rings is 1. The number of carbonyl (C=O) groups excluding carboxylic acids is 2. The molecule has 0 radical (unpaired) electrons. The number of halogens is 2. The second kappa shape index (κ2) is 9.38. The van der Waals surface area contributed by atoms with Crippen LogP contribution in [0.25, 0.3) is 0 Å². The number of carbonyl (C=O) groups is 2. The summed E-state index contributed by atoms with van der Waals surface area (Å²) in [5, 5.41) is 5.69. The standard InChI is InChI=1S/C23H22F2N6O3/c1-4-12-9-26-21-18(19(12)32)17(11-31(21)3)28-20-14(22(33)34-5-2)10-27-23(30-20)29-16-7-6-13(24)8-15(16)25/h6-12H,4-5H2,1-3H3,(H2,27,28,29,30). The number of fused-ring (bicyclic) bond motifs is 1. The molecule has 1 unspecified atom stereocenters. The molecular weight excluding hydrogens is 446 g/mol. The molecule has 9 nitrogen and oxygen atoms in total. The van der Waals surface area contributed by atoms with E-state index in [0.717, 1.165) is 12.1 Å². The molecule has 1 aliphatic heterocycles. The number of aryl methyl sites for hydroxylation is 1. The molecule has 3 aromatic rings. The van der Waals surface area contributed by atoms with Crippen LogP contribution in [0.2, 0.25) is 0 Å². The summed E-state index contributed by atoms with van der Waals surface area (Å²) in [6.07, 6.45) is 5.11. The fourth-order valence-electron chi connectivity index (χ4n) is 3.55. The van der Waals surface area contributed by atoms with Gasteiger partial charge in [-0.25, -0.2) is 23.6 Å². The number of ether oxygens (including phenoxy) is 1. The Kier molecular flexibility index (Phi) is 6.35. The maximum absolute atomic E-state index is 14.1. The Balaban J connectivity index is 1.74. The summed E-state index contributed by atoms with van der Waals surface area (Å²) < 4.78 is 34.1. The lowest BCUT2D eigenvalue weighted by Gasteiger charge is -2.16. The van der Waals surface area contributed by atoms with Gasteiger partial charge in [0.05, 0.1) is 29.5 Å². The van der Waals surface area contributed by atoms with Gasteiger partial charge < -0.3 is 19.9 Å². The van der Waals surface area contributed by atoms with Gasteiger partial charge in [0.25, 0.3) is 0 Å². The minimum Gasteiger partial charge on any atom is -0.462 e. The highest BCUT2D eigenvalue weighted by Gasteiger charge is 2.30. The third kappa shape index (κ3) is 4.36. The van der Waals surface area contributed by atoms with Crippen molar-refractivity contribution < 1.29 is 23.1 Å². The maximum Gasteiger partial charge on any atom is 0.343 e. The van der Waals surface area contributed by atoms with E-state index in [4.69, 9.17) is 4.74 Å². The van der Waals surface area contributed by atoms with Gasteiger partial charge >= 0.3 is 5.97 Å². The first-order chi connectivity index (χ1) is 16.3. The highest BCUT2D eigenvalue weighted by atomic mass is 19.1. The summed E-state index contributed by atoms with van der Waals surface area (Å²) in [5.74, 6) is -2.22. The zero-order valence-electron chi connectivity index (χ0n) is 18.7. The zero-order chi connectivity index (χ0) is 24.4. The molecule has 0 bridgehead atoms. The van der Waals surface area contributed by atoms with E-state index in [1.807, 2.05) is 6.92 Å². The molecule has 0 aliphatic carbocycles. The smallest absolute Gasteiger partial charge is 0.343 e. The molecule has 0 saturated carbocycles. The molecule has 34 heavy (non-hydrogen) atoms. The normalized spacial score (nSPS) is 14.6. The monoisotopic (exact) mass is 468 g/mol. The second-order valence-electron chi connectivity index (χ2n) is 7.56. The molecule has 1 aliphatic rings. The van der Waals surface area contributed by atoms with Crippen LogP contribution in [-0.4, -0.2) is 39.1 Å². The van der Waals surface area contributed by atoms with E-state index in [-0.39, 0.29) is 41.3 Å². The summed E-state index contributed by atoms with van der Waals surface area (Å²) in [4.78, 5) is 38.3. The topological polar surface area (TPSA) is 110 Å². The van der Waals surface area contributed by atoms with Crippen LogP contribution >= 0.6 is 0 Å². The van der Waals surface area contributed by atoms with Gasteiger partial charge in [0, 0.05) is 31.7 Å². The molecule has 4 rings (SSSR count). The van der Waals surface area contributed by atoms with Gasteiger partial charge in [-0.15, -0.1) is 0 Å². The SMILES string of the molecule is CCOC(=O)c1cnc(Nc2ccc(F)cc2F)nc1Nc1cn(C)c2c1C(=O)C(CC)C=N2. The Hall–Kier alpha value is -4.15. The van der Waals surface area contributed by atoms with Gasteiger partial charge in [0.1, 0.15) is 23.0 Å². The molecule has 0 saturated heterocycles. The van der Waals surface area contributed by atoms with Crippen LogP contribution in [0, 0.1) is 17.6 Å². The van der Waals surface area contributed by atoms with E-state index in [9.17, 15) is 18.4 Å². The van der Waals surface area contributed by atoms with Crippen LogP contribution in [0.4, 0.5) is 37.7 Å². The number of Topliss-reactive ketones (excluding diaryl/α,β-unsaturated/α-hetero) is 1. The largest absolute Gasteiger partial charge is 0.462 e. The number of hydrogen-bond donors (Lipinski definition) is 2. The first-order valence-electron chi connectivity index (χ1n) is 10.6. The number of hydrogen-bond acceptors (Lipinski definition) is 8. The molecule has 2 aromatic heterocycles. The third-order valence-electron chi connectivity index (χ3n) is 5.26. The number of nitrogens with one attached hydrogen (secondary N) is 2. The number of rotatable bonds is 7. The van der Waals surface area contributed by atoms with Gasteiger partial charge in [-0.05, 0) is 25.5 Å². The van der Waals surface area contributed by atoms with Gasteiger partial charge in [-0.2, -0.15) is 4.98 Å². The predicted octanol–water partition coefficient (Wildman–Crippen LogP) is 4.68. The number of ketones is 1. The number of anilines is 4. The number of aromatic nitrogens is 3. The van der Waals surface area contributed by atoms with Crippen molar-refractivity contribution in [3.05, 3.63) is 53.4 Å². The van der Waals surface area contributed by atoms with Crippen molar-refractivity contribution in [3.8, 4) is 0 Å². The van der Waals surface area contributed by atoms with Crippen molar-refractivity contribution in [2.75, 3.05) is 17.2 Å². The highest BCUT2D eigenvalue weighted by molar-refractivity contribution is 6.15. The first-order valence-corrected chi connectivity index (χ1v) is 10.6. The van der Waals surface area contributed by atoms with E-state index in [1.54, 1.807) is 30.9 Å². The van der Waals surface area contributed by atoms with Gasteiger partial charge in [0.15, 0.2) is 11.6 Å². The average Bonchev–Trinajstić information content (AvgIpc) is 3.12. The molecule has 1 aromatic carbocycles.